The summed E-state index contributed by atoms with van der Waals surface area (Å²) in [6, 6.07) is 7.44. The molecule has 0 unspecified atom stereocenters. The van der Waals surface area contributed by atoms with Crippen LogP contribution in [0.4, 0.5) is 11.5 Å². The van der Waals surface area contributed by atoms with Gasteiger partial charge in [-0.1, -0.05) is 11.6 Å². The summed E-state index contributed by atoms with van der Waals surface area (Å²) in [7, 11) is -3.84. The fourth-order valence-electron chi connectivity index (χ4n) is 3.31. The normalized spacial score (nSPS) is 14.4. The molecule has 0 aliphatic carbocycles. The first-order chi connectivity index (χ1) is 14.4. The van der Waals surface area contributed by atoms with Crippen LogP contribution in [0.25, 0.3) is 0 Å². The second-order valence-electron chi connectivity index (χ2n) is 6.87. The zero-order valence-electron chi connectivity index (χ0n) is 17.1. The molecule has 30 heavy (non-hydrogen) atoms. The number of amides is 1. The SMILES string of the molecule is CCN(CC)C(=O)c1cc(NS(=O)(=O)c2ccc(Cl)cc2)cnc1N1CCNCC1. The molecule has 1 aliphatic rings. The first kappa shape index (κ1) is 22.3. The van der Waals surface area contributed by atoms with Gasteiger partial charge in [0.2, 0.25) is 0 Å². The third-order valence-electron chi connectivity index (χ3n) is 4.94. The van der Waals surface area contributed by atoms with Crippen LogP contribution in [0.3, 0.4) is 0 Å². The van der Waals surface area contributed by atoms with Gasteiger partial charge in [0.25, 0.3) is 15.9 Å². The van der Waals surface area contributed by atoms with E-state index in [9.17, 15) is 13.2 Å². The summed E-state index contributed by atoms with van der Waals surface area (Å²) >= 11 is 5.85. The fourth-order valence-corrected chi connectivity index (χ4v) is 4.47. The number of nitrogens with zero attached hydrogens (tertiary/aromatic N) is 3. The number of carbonyl (C=O) groups is 1. The Hall–Kier alpha value is -2.36. The van der Waals surface area contributed by atoms with Gasteiger partial charge in [0, 0.05) is 44.3 Å². The van der Waals surface area contributed by atoms with Crippen LogP contribution in [0.5, 0.6) is 0 Å². The lowest BCUT2D eigenvalue weighted by Crippen LogP contribution is -2.45. The molecule has 2 N–H and O–H groups in total. The van der Waals surface area contributed by atoms with E-state index < -0.39 is 10.0 Å². The van der Waals surface area contributed by atoms with Crippen LogP contribution >= 0.6 is 11.6 Å². The maximum Gasteiger partial charge on any atom is 0.261 e. The Morgan fingerprint density at radius 2 is 1.83 bits per heavy atom. The minimum absolute atomic E-state index is 0.0784. The number of pyridine rings is 1. The molecule has 2 heterocycles. The van der Waals surface area contributed by atoms with Gasteiger partial charge in [-0.05, 0) is 44.2 Å². The number of carbonyl (C=O) groups excluding carboxylic acids is 1. The topological polar surface area (TPSA) is 94.6 Å². The van der Waals surface area contributed by atoms with Crippen molar-refractivity contribution in [3.8, 4) is 0 Å². The smallest absolute Gasteiger partial charge is 0.261 e. The highest BCUT2D eigenvalue weighted by atomic mass is 35.5. The molecule has 1 aromatic heterocycles. The van der Waals surface area contributed by atoms with E-state index in [1.807, 2.05) is 18.7 Å². The van der Waals surface area contributed by atoms with Gasteiger partial charge in [0.15, 0.2) is 0 Å². The highest BCUT2D eigenvalue weighted by Crippen LogP contribution is 2.25. The lowest BCUT2D eigenvalue weighted by molar-refractivity contribution is 0.0773. The van der Waals surface area contributed by atoms with E-state index in [2.05, 4.69) is 15.0 Å². The first-order valence-electron chi connectivity index (χ1n) is 9.89. The summed E-state index contributed by atoms with van der Waals surface area (Å²) in [6.07, 6.45) is 1.45. The van der Waals surface area contributed by atoms with Crippen LogP contribution in [0.2, 0.25) is 5.02 Å². The fraction of sp³-hybridized carbons (Fsp3) is 0.400. The molecule has 1 fully saturated rings. The first-order valence-corrected chi connectivity index (χ1v) is 11.7. The van der Waals surface area contributed by atoms with Crippen molar-refractivity contribution in [3.63, 3.8) is 0 Å². The molecule has 1 amide bonds. The number of nitrogens with one attached hydrogen (secondary N) is 2. The number of benzene rings is 1. The van der Waals surface area contributed by atoms with Gasteiger partial charge in [0.05, 0.1) is 22.3 Å². The Kier molecular flexibility index (Phi) is 7.17. The molecule has 0 saturated carbocycles. The summed E-state index contributed by atoms with van der Waals surface area (Å²) in [5.41, 5.74) is 0.622. The Bertz CT molecular complexity index is 988. The second kappa shape index (κ2) is 9.63. The molecular weight excluding hydrogens is 426 g/mol. The van der Waals surface area contributed by atoms with Crippen LogP contribution in [-0.4, -0.2) is 63.5 Å². The summed E-state index contributed by atoms with van der Waals surface area (Å²) in [4.78, 5) is 21.4. The van der Waals surface area contributed by atoms with Crippen molar-refractivity contribution in [1.82, 2.24) is 15.2 Å². The molecule has 0 radical (unpaired) electrons. The largest absolute Gasteiger partial charge is 0.353 e. The molecular formula is C20H26ClN5O3S. The molecule has 3 rings (SSSR count). The third-order valence-corrected chi connectivity index (χ3v) is 6.59. The van der Waals surface area contributed by atoms with Gasteiger partial charge in [-0.3, -0.25) is 9.52 Å². The highest BCUT2D eigenvalue weighted by Gasteiger charge is 2.24. The average molecular weight is 452 g/mol. The molecule has 1 aliphatic heterocycles. The van der Waals surface area contributed by atoms with Crippen molar-refractivity contribution < 1.29 is 13.2 Å². The number of halogens is 1. The molecule has 2 aromatic rings. The molecule has 0 spiro atoms. The Labute approximate surface area is 182 Å². The van der Waals surface area contributed by atoms with Gasteiger partial charge in [-0.2, -0.15) is 0 Å². The van der Waals surface area contributed by atoms with Gasteiger partial charge < -0.3 is 15.1 Å². The molecule has 8 nitrogen and oxygen atoms in total. The van der Waals surface area contributed by atoms with Gasteiger partial charge in [-0.15, -0.1) is 0 Å². The maximum absolute atomic E-state index is 13.1. The molecule has 0 bridgehead atoms. The van der Waals surface area contributed by atoms with Crippen molar-refractivity contribution in [1.29, 1.82) is 0 Å². The van der Waals surface area contributed by atoms with E-state index in [0.717, 1.165) is 26.2 Å². The number of piperazine rings is 1. The quantitative estimate of drug-likeness (QED) is 0.671. The summed E-state index contributed by atoms with van der Waals surface area (Å²) in [5, 5.41) is 3.72. The van der Waals surface area contributed by atoms with Crippen LogP contribution in [0, 0.1) is 0 Å². The maximum atomic E-state index is 13.1. The Balaban J connectivity index is 1.96. The van der Waals surface area contributed by atoms with Crippen LogP contribution < -0.4 is 14.9 Å². The van der Waals surface area contributed by atoms with Crippen molar-refractivity contribution in [3.05, 3.63) is 47.1 Å². The Morgan fingerprint density at radius 1 is 1.20 bits per heavy atom. The number of aromatic nitrogens is 1. The minimum Gasteiger partial charge on any atom is -0.353 e. The predicted molar refractivity (Wildman–Crippen MR) is 119 cm³/mol. The van der Waals surface area contributed by atoms with Crippen LogP contribution in [0.15, 0.2) is 41.4 Å². The van der Waals surface area contributed by atoms with Crippen LogP contribution in [0.1, 0.15) is 24.2 Å². The van der Waals surface area contributed by atoms with Gasteiger partial charge >= 0.3 is 0 Å². The minimum atomic E-state index is -3.84. The zero-order chi connectivity index (χ0) is 21.7. The third kappa shape index (κ3) is 5.03. The van der Waals surface area contributed by atoms with E-state index in [-0.39, 0.29) is 16.5 Å². The molecule has 10 heteroatoms. The van der Waals surface area contributed by atoms with Crippen molar-refractivity contribution in [2.75, 3.05) is 48.9 Å². The Morgan fingerprint density at radius 3 is 2.43 bits per heavy atom. The van der Waals surface area contributed by atoms with Gasteiger partial charge in [-0.25, -0.2) is 13.4 Å². The van der Waals surface area contributed by atoms with Gasteiger partial charge in [0.1, 0.15) is 5.82 Å². The number of sulfonamides is 1. The van der Waals surface area contributed by atoms with E-state index in [1.54, 1.807) is 11.0 Å². The average Bonchev–Trinajstić information content (AvgIpc) is 2.75. The van der Waals surface area contributed by atoms with Crippen LogP contribution in [-0.2, 0) is 10.0 Å². The zero-order valence-corrected chi connectivity index (χ0v) is 18.6. The highest BCUT2D eigenvalue weighted by molar-refractivity contribution is 7.92. The van der Waals surface area contributed by atoms with E-state index in [4.69, 9.17) is 11.6 Å². The second-order valence-corrected chi connectivity index (χ2v) is 8.99. The standard InChI is InChI=1S/C20H26ClN5O3S/c1-3-25(4-2)20(27)18-13-16(14-23-19(18)26-11-9-22-10-12-26)24-30(28,29)17-7-5-15(21)6-8-17/h5-8,13-14,22,24H,3-4,9-12H2,1-2H3. The number of anilines is 2. The monoisotopic (exact) mass is 451 g/mol. The molecule has 162 valence electrons. The molecule has 1 aromatic carbocycles. The number of rotatable bonds is 7. The lowest BCUT2D eigenvalue weighted by Gasteiger charge is -2.31. The van der Waals surface area contributed by atoms with E-state index in [1.165, 1.54) is 30.5 Å². The predicted octanol–water partition coefficient (Wildman–Crippen LogP) is 2.43. The summed E-state index contributed by atoms with van der Waals surface area (Å²) in [5.74, 6) is 0.399. The van der Waals surface area contributed by atoms with Crippen molar-refractivity contribution >= 4 is 39.0 Å². The lowest BCUT2D eigenvalue weighted by atomic mass is 10.1. The van der Waals surface area contributed by atoms with Crippen molar-refractivity contribution in [2.45, 2.75) is 18.7 Å². The molecule has 0 atom stereocenters. The van der Waals surface area contributed by atoms with Crippen molar-refractivity contribution in [2.24, 2.45) is 0 Å². The molecule has 1 saturated heterocycles. The number of hydrogen-bond acceptors (Lipinski definition) is 6. The summed E-state index contributed by atoms with van der Waals surface area (Å²) in [6.45, 7) is 7.97. The van der Waals surface area contributed by atoms with E-state index in [0.29, 0.717) is 29.5 Å². The summed E-state index contributed by atoms with van der Waals surface area (Å²) < 4.78 is 28.0. The number of hydrogen-bond donors (Lipinski definition) is 2. The van der Waals surface area contributed by atoms with E-state index >= 15 is 0 Å².